The quantitative estimate of drug-likeness (QED) is 0.893. The van der Waals surface area contributed by atoms with Gasteiger partial charge in [0.25, 0.3) is 5.91 Å². The monoisotopic (exact) mass is 301 g/mol. The molecule has 7 heteroatoms. The van der Waals surface area contributed by atoms with Crippen LogP contribution >= 0.6 is 11.6 Å². The van der Waals surface area contributed by atoms with Crippen LogP contribution in [0.3, 0.4) is 0 Å². The Hall–Kier alpha value is -1.66. The molecule has 0 unspecified atom stereocenters. The molecule has 2 rings (SSSR count). The van der Waals surface area contributed by atoms with Crippen molar-refractivity contribution in [3.63, 3.8) is 0 Å². The molecule has 1 aliphatic heterocycles. The summed E-state index contributed by atoms with van der Waals surface area (Å²) in [6.45, 7) is 0.454. The van der Waals surface area contributed by atoms with Gasteiger partial charge in [-0.2, -0.15) is 0 Å². The van der Waals surface area contributed by atoms with Crippen molar-refractivity contribution in [1.29, 1.82) is 0 Å². The van der Waals surface area contributed by atoms with Crippen molar-refractivity contribution in [3.8, 4) is 0 Å². The standard InChI is InChI=1S/C13H13ClFNO4/c14-8-1-2-10(15)9(7-8)11(17)16-13(12(18)19)3-5-20-6-4-13/h1-2,7H,3-6H2,(H,16,17)(H,18,19). The molecule has 1 heterocycles. The largest absolute Gasteiger partial charge is 0.480 e. The average Bonchev–Trinajstić information content (AvgIpc) is 2.42. The molecule has 20 heavy (non-hydrogen) atoms. The molecule has 0 aliphatic carbocycles. The summed E-state index contributed by atoms with van der Waals surface area (Å²) in [4.78, 5) is 23.5. The van der Waals surface area contributed by atoms with E-state index in [1.165, 1.54) is 12.1 Å². The molecular weight excluding hydrogens is 289 g/mol. The van der Waals surface area contributed by atoms with Crippen molar-refractivity contribution in [2.45, 2.75) is 18.4 Å². The summed E-state index contributed by atoms with van der Waals surface area (Å²) in [5, 5.41) is 11.9. The SMILES string of the molecule is O=C(NC1(C(=O)O)CCOCC1)c1cc(Cl)ccc1F. The highest BCUT2D eigenvalue weighted by molar-refractivity contribution is 6.31. The van der Waals surface area contributed by atoms with E-state index in [0.717, 1.165) is 6.07 Å². The Kier molecular flexibility index (Phi) is 4.25. The third kappa shape index (κ3) is 2.91. The number of carbonyl (C=O) groups excluding carboxylic acids is 1. The number of benzene rings is 1. The Morgan fingerprint density at radius 2 is 2.00 bits per heavy atom. The molecule has 1 fully saturated rings. The Morgan fingerprint density at radius 1 is 1.35 bits per heavy atom. The van der Waals surface area contributed by atoms with Crippen LogP contribution in [-0.4, -0.2) is 35.7 Å². The molecule has 1 aromatic carbocycles. The fraction of sp³-hybridized carbons (Fsp3) is 0.385. The predicted molar refractivity (Wildman–Crippen MR) is 69.3 cm³/mol. The summed E-state index contributed by atoms with van der Waals surface area (Å²) < 4.78 is 18.7. The van der Waals surface area contributed by atoms with Gasteiger partial charge in [-0.05, 0) is 18.2 Å². The number of hydrogen-bond donors (Lipinski definition) is 2. The lowest BCUT2D eigenvalue weighted by molar-refractivity contribution is -0.148. The van der Waals surface area contributed by atoms with E-state index in [-0.39, 0.29) is 36.6 Å². The zero-order valence-electron chi connectivity index (χ0n) is 10.5. The van der Waals surface area contributed by atoms with Gasteiger partial charge in [0, 0.05) is 31.1 Å². The maximum Gasteiger partial charge on any atom is 0.329 e. The molecular formula is C13H13ClFNO4. The summed E-state index contributed by atoms with van der Waals surface area (Å²) >= 11 is 5.72. The van der Waals surface area contributed by atoms with Gasteiger partial charge in [-0.1, -0.05) is 11.6 Å². The first-order valence-electron chi connectivity index (χ1n) is 6.03. The Labute approximate surface area is 119 Å². The van der Waals surface area contributed by atoms with Crippen LogP contribution in [0.4, 0.5) is 4.39 Å². The number of nitrogens with one attached hydrogen (secondary N) is 1. The number of rotatable bonds is 3. The van der Waals surface area contributed by atoms with Gasteiger partial charge >= 0.3 is 5.97 Å². The fourth-order valence-electron chi connectivity index (χ4n) is 2.07. The molecule has 1 aliphatic rings. The molecule has 0 bridgehead atoms. The molecule has 0 aromatic heterocycles. The summed E-state index contributed by atoms with van der Waals surface area (Å²) in [5.41, 5.74) is -1.70. The first-order valence-corrected chi connectivity index (χ1v) is 6.41. The molecule has 108 valence electrons. The van der Waals surface area contributed by atoms with Gasteiger partial charge < -0.3 is 15.2 Å². The van der Waals surface area contributed by atoms with Gasteiger partial charge in [0.05, 0.1) is 5.56 Å². The molecule has 0 atom stereocenters. The van der Waals surface area contributed by atoms with Crippen molar-refractivity contribution in [2.24, 2.45) is 0 Å². The van der Waals surface area contributed by atoms with E-state index < -0.39 is 23.2 Å². The molecule has 5 nitrogen and oxygen atoms in total. The van der Waals surface area contributed by atoms with E-state index in [4.69, 9.17) is 16.3 Å². The molecule has 0 saturated carbocycles. The highest BCUT2D eigenvalue weighted by Crippen LogP contribution is 2.23. The van der Waals surface area contributed by atoms with Gasteiger partial charge in [-0.25, -0.2) is 9.18 Å². The van der Waals surface area contributed by atoms with Crippen LogP contribution in [0, 0.1) is 5.82 Å². The Balaban J connectivity index is 2.24. The molecule has 1 amide bonds. The first-order chi connectivity index (χ1) is 9.44. The number of carboxylic acids is 1. The van der Waals surface area contributed by atoms with Gasteiger partial charge in [0.1, 0.15) is 11.4 Å². The highest BCUT2D eigenvalue weighted by atomic mass is 35.5. The van der Waals surface area contributed by atoms with E-state index in [0.29, 0.717) is 0 Å². The first kappa shape index (κ1) is 14.7. The Bertz CT molecular complexity index is 543. The number of halogens is 2. The second kappa shape index (κ2) is 5.76. The highest BCUT2D eigenvalue weighted by Gasteiger charge is 2.42. The number of ether oxygens (including phenoxy) is 1. The molecule has 0 spiro atoms. The Morgan fingerprint density at radius 3 is 2.60 bits per heavy atom. The number of carbonyl (C=O) groups is 2. The van der Waals surface area contributed by atoms with E-state index in [1.54, 1.807) is 0 Å². The number of carboxylic acid groups (broad SMARTS) is 1. The van der Waals surface area contributed by atoms with Crippen LogP contribution in [0.2, 0.25) is 5.02 Å². The summed E-state index contributed by atoms with van der Waals surface area (Å²) in [7, 11) is 0. The van der Waals surface area contributed by atoms with Crippen molar-refractivity contribution < 1.29 is 23.8 Å². The van der Waals surface area contributed by atoms with Crippen LogP contribution in [0.25, 0.3) is 0 Å². The number of hydrogen-bond acceptors (Lipinski definition) is 3. The van der Waals surface area contributed by atoms with Crippen molar-refractivity contribution in [1.82, 2.24) is 5.32 Å². The van der Waals surface area contributed by atoms with E-state index in [9.17, 15) is 19.1 Å². The smallest absolute Gasteiger partial charge is 0.329 e. The zero-order valence-corrected chi connectivity index (χ0v) is 11.2. The second-order valence-electron chi connectivity index (χ2n) is 4.58. The number of aliphatic carboxylic acids is 1. The molecule has 2 N–H and O–H groups in total. The lowest BCUT2D eigenvalue weighted by atomic mass is 9.89. The van der Waals surface area contributed by atoms with Crippen LogP contribution in [-0.2, 0) is 9.53 Å². The predicted octanol–water partition coefficient (Wildman–Crippen LogP) is 1.84. The maximum atomic E-state index is 13.6. The van der Waals surface area contributed by atoms with Crippen molar-refractivity contribution >= 4 is 23.5 Å². The van der Waals surface area contributed by atoms with Crippen LogP contribution in [0.1, 0.15) is 23.2 Å². The minimum Gasteiger partial charge on any atom is -0.480 e. The minimum atomic E-state index is -1.43. The topological polar surface area (TPSA) is 75.6 Å². The van der Waals surface area contributed by atoms with Crippen molar-refractivity contribution in [2.75, 3.05) is 13.2 Å². The molecule has 0 radical (unpaired) electrons. The summed E-state index contributed by atoms with van der Waals surface area (Å²) in [6.07, 6.45) is 0.270. The van der Waals surface area contributed by atoms with E-state index in [2.05, 4.69) is 5.32 Å². The second-order valence-corrected chi connectivity index (χ2v) is 5.01. The summed E-state index contributed by atoms with van der Waals surface area (Å²) in [5.74, 6) is -2.70. The summed E-state index contributed by atoms with van der Waals surface area (Å²) in [6, 6.07) is 3.55. The molecule has 1 aromatic rings. The zero-order chi connectivity index (χ0) is 14.8. The lowest BCUT2D eigenvalue weighted by Gasteiger charge is -2.33. The third-order valence-corrected chi connectivity index (χ3v) is 3.52. The van der Waals surface area contributed by atoms with Gasteiger partial charge in [0.15, 0.2) is 0 Å². The van der Waals surface area contributed by atoms with Crippen LogP contribution in [0.15, 0.2) is 18.2 Å². The fourth-order valence-corrected chi connectivity index (χ4v) is 2.24. The average molecular weight is 302 g/mol. The molecule has 1 saturated heterocycles. The minimum absolute atomic E-state index is 0.135. The number of amides is 1. The maximum absolute atomic E-state index is 13.6. The van der Waals surface area contributed by atoms with E-state index >= 15 is 0 Å². The van der Waals surface area contributed by atoms with Crippen molar-refractivity contribution in [3.05, 3.63) is 34.6 Å². The normalized spacial score (nSPS) is 17.5. The van der Waals surface area contributed by atoms with E-state index in [1.807, 2.05) is 0 Å². The van der Waals surface area contributed by atoms with Gasteiger partial charge in [-0.3, -0.25) is 4.79 Å². The third-order valence-electron chi connectivity index (χ3n) is 3.28. The van der Waals surface area contributed by atoms with Gasteiger partial charge in [0.2, 0.25) is 0 Å². The van der Waals surface area contributed by atoms with Crippen LogP contribution in [0.5, 0.6) is 0 Å². The van der Waals surface area contributed by atoms with Crippen LogP contribution < -0.4 is 5.32 Å². The lowest BCUT2D eigenvalue weighted by Crippen LogP contribution is -2.57. The van der Waals surface area contributed by atoms with Gasteiger partial charge in [-0.15, -0.1) is 0 Å².